The van der Waals surface area contributed by atoms with Crippen molar-refractivity contribution in [3.63, 3.8) is 0 Å². The molecule has 0 unspecified atom stereocenters. The molecular formula is C21H27N3O4S2. The molecule has 3 rings (SSSR count). The normalized spacial score (nSPS) is 15.2. The van der Waals surface area contributed by atoms with Crippen molar-refractivity contribution >= 4 is 33.4 Å². The van der Waals surface area contributed by atoms with Crippen LogP contribution < -0.4 is 10.1 Å². The Labute approximate surface area is 182 Å². The Morgan fingerprint density at radius 2 is 1.87 bits per heavy atom. The van der Waals surface area contributed by atoms with Gasteiger partial charge in [-0.2, -0.15) is 11.8 Å². The number of hydrogen-bond acceptors (Lipinski definition) is 6. The average molecular weight is 450 g/mol. The number of nitrogens with zero attached hydrogens (tertiary/aromatic N) is 2. The molecule has 2 aromatic rings. The Morgan fingerprint density at radius 3 is 2.53 bits per heavy atom. The summed E-state index contributed by atoms with van der Waals surface area (Å²) in [4.78, 5) is 15.3. The van der Waals surface area contributed by atoms with Crippen LogP contribution in [0.2, 0.25) is 0 Å². The summed E-state index contributed by atoms with van der Waals surface area (Å²) in [5.41, 5.74) is 2.02. The number of rotatable bonds is 7. The van der Waals surface area contributed by atoms with E-state index in [1.807, 2.05) is 36.0 Å². The first-order valence-electron chi connectivity index (χ1n) is 9.63. The topological polar surface area (TPSA) is 79.0 Å². The third-order valence-corrected chi connectivity index (χ3v) is 7.73. The number of amides is 1. The van der Waals surface area contributed by atoms with Gasteiger partial charge < -0.3 is 10.1 Å². The molecule has 1 N–H and O–H groups in total. The van der Waals surface area contributed by atoms with E-state index in [1.54, 1.807) is 6.07 Å². The maximum absolute atomic E-state index is 12.9. The van der Waals surface area contributed by atoms with E-state index in [0.717, 1.165) is 46.7 Å². The number of methoxy groups -OCH3 is 1. The summed E-state index contributed by atoms with van der Waals surface area (Å²) >= 11 is 1.96. The van der Waals surface area contributed by atoms with Crippen molar-refractivity contribution in [3.05, 3.63) is 53.6 Å². The van der Waals surface area contributed by atoms with Crippen molar-refractivity contribution in [1.29, 1.82) is 0 Å². The zero-order chi connectivity index (χ0) is 21.7. The maximum atomic E-state index is 12.9. The molecule has 0 saturated carbocycles. The lowest BCUT2D eigenvalue weighted by atomic mass is 10.1. The van der Waals surface area contributed by atoms with E-state index in [9.17, 15) is 13.2 Å². The van der Waals surface area contributed by atoms with Crippen LogP contribution in [0, 0.1) is 0 Å². The second-order valence-corrected chi connectivity index (χ2v) is 10.5. The molecule has 0 bridgehead atoms. The number of hydrogen-bond donors (Lipinski definition) is 1. The number of para-hydroxylation sites is 1. The van der Waals surface area contributed by atoms with E-state index in [4.69, 9.17) is 4.74 Å². The molecule has 162 valence electrons. The number of carbonyl (C=O) groups is 1. The molecule has 0 radical (unpaired) electrons. The maximum Gasteiger partial charge on any atom is 0.255 e. The van der Waals surface area contributed by atoms with Crippen LogP contribution in [0.3, 0.4) is 0 Å². The van der Waals surface area contributed by atoms with Crippen LogP contribution in [0.5, 0.6) is 5.75 Å². The van der Waals surface area contributed by atoms with E-state index >= 15 is 0 Å². The largest absolute Gasteiger partial charge is 0.495 e. The molecule has 1 aliphatic rings. The minimum Gasteiger partial charge on any atom is -0.495 e. The molecule has 9 heteroatoms. The highest BCUT2D eigenvalue weighted by molar-refractivity contribution is 7.99. The SMILES string of the molecule is COc1ccc(C(=O)Nc2ccccc2CN2CCSCC2)cc1S(=O)(=O)N(C)C. The number of carbonyl (C=O) groups excluding carboxylic acids is 1. The smallest absolute Gasteiger partial charge is 0.255 e. The standard InChI is InChI=1S/C21H27N3O4S2/c1-23(2)30(26,27)20-14-16(8-9-19(20)28-3)21(25)22-18-7-5-4-6-17(18)15-24-10-12-29-13-11-24/h4-9,14H,10-13,15H2,1-3H3,(H,22,25). The Hall–Kier alpha value is -2.07. The summed E-state index contributed by atoms with van der Waals surface area (Å²) in [5.74, 6) is 2.06. The lowest BCUT2D eigenvalue weighted by molar-refractivity contribution is 0.102. The van der Waals surface area contributed by atoms with Gasteiger partial charge >= 0.3 is 0 Å². The second kappa shape index (κ2) is 9.82. The van der Waals surface area contributed by atoms with Gasteiger partial charge in [0.05, 0.1) is 7.11 Å². The van der Waals surface area contributed by atoms with Gasteiger partial charge in [0, 0.05) is 56.5 Å². The molecule has 0 aliphatic carbocycles. The average Bonchev–Trinajstić information content (AvgIpc) is 2.75. The number of benzene rings is 2. The van der Waals surface area contributed by atoms with Crippen LogP contribution in [-0.4, -0.2) is 69.3 Å². The molecule has 1 heterocycles. The van der Waals surface area contributed by atoms with Crippen LogP contribution in [-0.2, 0) is 16.6 Å². The lowest BCUT2D eigenvalue weighted by Crippen LogP contribution is -2.32. The molecule has 1 aliphatic heterocycles. The van der Waals surface area contributed by atoms with Gasteiger partial charge in [0.25, 0.3) is 5.91 Å². The van der Waals surface area contributed by atoms with Gasteiger partial charge in [-0.25, -0.2) is 12.7 Å². The van der Waals surface area contributed by atoms with Crippen molar-refractivity contribution in [2.45, 2.75) is 11.4 Å². The molecule has 0 aromatic heterocycles. The van der Waals surface area contributed by atoms with E-state index in [-0.39, 0.29) is 22.1 Å². The molecule has 0 atom stereocenters. The van der Waals surface area contributed by atoms with Gasteiger partial charge in [-0.05, 0) is 29.8 Å². The van der Waals surface area contributed by atoms with E-state index in [2.05, 4.69) is 10.2 Å². The minimum absolute atomic E-state index is 0.0400. The van der Waals surface area contributed by atoms with Gasteiger partial charge in [-0.3, -0.25) is 9.69 Å². The highest BCUT2D eigenvalue weighted by atomic mass is 32.2. The third-order valence-electron chi connectivity index (χ3n) is 4.95. The molecule has 0 spiro atoms. The predicted molar refractivity (Wildman–Crippen MR) is 121 cm³/mol. The number of thioether (sulfide) groups is 1. The van der Waals surface area contributed by atoms with Gasteiger partial charge in [-0.15, -0.1) is 0 Å². The molecule has 7 nitrogen and oxygen atoms in total. The number of anilines is 1. The predicted octanol–water partition coefficient (Wildman–Crippen LogP) is 2.75. The Balaban J connectivity index is 1.85. The molecular weight excluding hydrogens is 422 g/mol. The van der Waals surface area contributed by atoms with Crippen LogP contribution in [0.15, 0.2) is 47.4 Å². The molecule has 1 amide bonds. The van der Waals surface area contributed by atoms with Gasteiger partial charge in [-0.1, -0.05) is 18.2 Å². The van der Waals surface area contributed by atoms with E-state index < -0.39 is 10.0 Å². The minimum atomic E-state index is -3.76. The van der Waals surface area contributed by atoms with Crippen LogP contribution in [0.1, 0.15) is 15.9 Å². The summed E-state index contributed by atoms with van der Waals surface area (Å²) in [7, 11) is 0.528. The van der Waals surface area contributed by atoms with E-state index in [0.29, 0.717) is 0 Å². The first kappa shape index (κ1) is 22.6. The third kappa shape index (κ3) is 5.15. The number of nitrogens with one attached hydrogen (secondary N) is 1. The van der Waals surface area contributed by atoms with Gasteiger partial charge in [0.1, 0.15) is 10.6 Å². The summed E-state index contributed by atoms with van der Waals surface area (Å²) in [5, 5.41) is 2.94. The van der Waals surface area contributed by atoms with E-state index in [1.165, 1.54) is 33.3 Å². The van der Waals surface area contributed by atoms with Crippen LogP contribution in [0.25, 0.3) is 0 Å². The molecule has 30 heavy (non-hydrogen) atoms. The Morgan fingerprint density at radius 1 is 1.17 bits per heavy atom. The van der Waals surface area contributed by atoms with Crippen molar-refractivity contribution < 1.29 is 17.9 Å². The van der Waals surface area contributed by atoms with Crippen LogP contribution >= 0.6 is 11.8 Å². The Kier molecular flexibility index (Phi) is 7.41. The van der Waals surface area contributed by atoms with Crippen LogP contribution in [0.4, 0.5) is 5.69 Å². The number of ether oxygens (including phenoxy) is 1. The van der Waals surface area contributed by atoms with Crippen molar-refractivity contribution in [3.8, 4) is 5.75 Å². The highest BCUT2D eigenvalue weighted by Gasteiger charge is 2.24. The number of sulfonamides is 1. The fourth-order valence-corrected chi connectivity index (χ4v) is 5.24. The first-order valence-corrected chi connectivity index (χ1v) is 12.2. The zero-order valence-corrected chi connectivity index (χ0v) is 19.1. The van der Waals surface area contributed by atoms with Gasteiger partial charge in [0.15, 0.2) is 0 Å². The van der Waals surface area contributed by atoms with Crippen molar-refractivity contribution in [1.82, 2.24) is 9.21 Å². The summed E-state index contributed by atoms with van der Waals surface area (Å²) < 4.78 is 31.5. The Bertz CT molecular complexity index is 1000. The zero-order valence-electron chi connectivity index (χ0n) is 17.4. The van der Waals surface area contributed by atoms with Crippen molar-refractivity contribution in [2.24, 2.45) is 0 Å². The fourth-order valence-electron chi connectivity index (χ4n) is 3.19. The molecule has 1 saturated heterocycles. The quantitative estimate of drug-likeness (QED) is 0.700. The summed E-state index contributed by atoms with van der Waals surface area (Å²) in [6.45, 7) is 2.81. The fraction of sp³-hybridized carbons (Fsp3) is 0.381. The lowest BCUT2D eigenvalue weighted by Gasteiger charge is -2.27. The monoisotopic (exact) mass is 449 g/mol. The summed E-state index contributed by atoms with van der Waals surface area (Å²) in [6, 6.07) is 12.1. The molecule has 2 aromatic carbocycles. The van der Waals surface area contributed by atoms with Crippen molar-refractivity contribution in [2.75, 3.05) is 51.1 Å². The van der Waals surface area contributed by atoms with Gasteiger partial charge in [0.2, 0.25) is 10.0 Å². The highest BCUT2D eigenvalue weighted by Crippen LogP contribution is 2.28. The molecule has 1 fully saturated rings. The first-order chi connectivity index (χ1) is 14.3. The second-order valence-electron chi connectivity index (χ2n) is 7.15. The summed E-state index contributed by atoms with van der Waals surface area (Å²) in [6.07, 6.45) is 0.